The molecule has 0 spiro atoms. The zero-order valence-corrected chi connectivity index (χ0v) is 12.5. The van der Waals surface area contributed by atoms with Crippen LogP contribution < -0.4 is 5.32 Å². The van der Waals surface area contributed by atoms with Gasteiger partial charge < -0.3 is 5.32 Å². The van der Waals surface area contributed by atoms with Gasteiger partial charge in [-0.05, 0) is 24.1 Å². The van der Waals surface area contributed by atoms with Crippen molar-refractivity contribution in [3.63, 3.8) is 0 Å². The topological polar surface area (TPSA) is 63.2 Å². The van der Waals surface area contributed by atoms with Crippen LogP contribution in [0.4, 0.5) is 0 Å². The Hall–Kier alpha value is -1.65. The molecule has 4 nitrogen and oxygen atoms in total. The van der Waals surface area contributed by atoms with E-state index in [9.17, 15) is 14.4 Å². The van der Waals surface area contributed by atoms with Crippen LogP contribution in [0.2, 0.25) is 10.0 Å². The van der Waals surface area contributed by atoms with Crippen molar-refractivity contribution in [2.75, 3.05) is 0 Å². The highest BCUT2D eigenvalue weighted by Crippen LogP contribution is 2.22. The van der Waals surface area contributed by atoms with Crippen LogP contribution in [0.5, 0.6) is 0 Å². The highest BCUT2D eigenvalue weighted by Gasteiger charge is 2.19. The van der Waals surface area contributed by atoms with E-state index in [1.54, 1.807) is 13.8 Å². The Labute approximate surface area is 126 Å². The van der Waals surface area contributed by atoms with E-state index >= 15 is 0 Å². The van der Waals surface area contributed by atoms with Gasteiger partial charge in [-0.25, -0.2) is 0 Å². The Bertz CT molecular complexity index is 560. The number of allylic oxidation sites excluding steroid dienone is 2. The predicted octanol–water partition coefficient (Wildman–Crippen LogP) is 3.03. The van der Waals surface area contributed by atoms with E-state index in [1.807, 2.05) is 0 Å². The van der Waals surface area contributed by atoms with Crippen molar-refractivity contribution in [3.8, 4) is 0 Å². The number of carbonyl (C=O) groups excluding carboxylic acids is 3. The summed E-state index contributed by atoms with van der Waals surface area (Å²) in [4.78, 5) is 34.2. The summed E-state index contributed by atoms with van der Waals surface area (Å²) in [5, 5.41) is 2.87. The number of hydrogen-bond acceptors (Lipinski definition) is 3. The first-order chi connectivity index (χ1) is 9.40. The summed E-state index contributed by atoms with van der Waals surface area (Å²) in [6.45, 7) is 3.49. The molecule has 106 valence electrons. The maximum Gasteiger partial charge on any atom is 0.211 e. The molecule has 0 atom stereocenters. The van der Waals surface area contributed by atoms with Gasteiger partial charge in [0, 0.05) is 21.2 Å². The number of halogens is 2. The molecule has 0 radical (unpaired) electrons. The summed E-state index contributed by atoms with van der Waals surface area (Å²) in [5.74, 6) is -0.731. The molecule has 1 aromatic carbocycles. The molecule has 1 amide bonds. The molecule has 0 saturated heterocycles. The van der Waals surface area contributed by atoms with Crippen molar-refractivity contribution in [1.82, 2.24) is 5.32 Å². The maximum atomic E-state index is 12.4. The van der Waals surface area contributed by atoms with Crippen LogP contribution in [-0.2, 0) is 9.59 Å². The normalized spacial score (nSPS) is 11.8. The number of Topliss-reactive ketones (excluding diaryl/α,β-unsaturated/α-hetero) is 1. The molecule has 0 aliphatic heterocycles. The van der Waals surface area contributed by atoms with E-state index in [2.05, 4.69) is 5.32 Å². The molecule has 20 heavy (non-hydrogen) atoms. The highest BCUT2D eigenvalue weighted by molar-refractivity contribution is 6.35. The molecule has 0 unspecified atom stereocenters. The molecule has 0 aliphatic carbocycles. The fourth-order valence-corrected chi connectivity index (χ4v) is 2.18. The number of ketones is 1. The third-order valence-corrected chi connectivity index (χ3v) is 3.03. The number of aldehydes is 1. The van der Waals surface area contributed by atoms with Crippen LogP contribution in [0.25, 0.3) is 0 Å². The Morgan fingerprint density at radius 3 is 2.10 bits per heavy atom. The maximum absolute atomic E-state index is 12.4. The van der Waals surface area contributed by atoms with Gasteiger partial charge in [0.1, 0.15) is 6.29 Å². The summed E-state index contributed by atoms with van der Waals surface area (Å²) in [6.07, 6.45) is 0.909. The molecular weight excluding hydrogens is 301 g/mol. The average molecular weight is 314 g/mol. The summed E-state index contributed by atoms with van der Waals surface area (Å²) >= 11 is 11.7. The molecular formula is C14H13Cl2NO3. The third kappa shape index (κ3) is 3.92. The van der Waals surface area contributed by atoms with Crippen LogP contribution >= 0.6 is 23.2 Å². The van der Waals surface area contributed by atoms with Crippen LogP contribution in [-0.4, -0.2) is 18.5 Å². The van der Waals surface area contributed by atoms with Gasteiger partial charge in [-0.2, -0.15) is 0 Å². The quantitative estimate of drug-likeness (QED) is 0.499. The highest BCUT2D eigenvalue weighted by atomic mass is 35.5. The smallest absolute Gasteiger partial charge is 0.211 e. The molecule has 1 N–H and O–H groups in total. The van der Waals surface area contributed by atoms with Crippen LogP contribution in [0.3, 0.4) is 0 Å². The molecule has 0 aliphatic rings. The lowest BCUT2D eigenvalue weighted by atomic mass is 9.97. The molecule has 0 fully saturated rings. The van der Waals surface area contributed by atoms with Crippen molar-refractivity contribution >= 4 is 41.7 Å². The Morgan fingerprint density at radius 1 is 1.15 bits per heavy atom. The fraction of sp³-hybridized carbons (Fsp3) is 0.214. The summed E-state index contributed by atoms with van der Waals surface area (Å²) in [7, 11) is 0. The second-order valence-corrected chi connectivity index (χ2v) is 5.23. The van der Waals surface area contributed by atoms with Crippen molar-refractivity contribution in [3.05, 3.63) is 45.1 Å². The lowest BCUT2D eigenvalue weighted by Gasteiger charge is -2.12. The van der Waals surface area contributed by atoms with Gasteiger partial charge in [-0.15, -0.1) is 0 Å². The molecule has 0 bridgehead atoms. The van der Waals surface area contributed by atoms with E-state index < -0.39 is 5.78 Å². The summed E-state index contributed by atoms with van der Waals surface area (Å²) in [6, 6.07) is 4.33. The largest absolute Gasteiger partial charge is 0.325 e. The third-order valence-electron chi connectivity index (χ3n) is 2.59. The lowest BCUT2D eigenvalue weighted by Crippen LogP contribution is -2.23. The van der Waals surface area contributed by atoms with Gasteiger partial charge in [0.25, 0.3) is 0 Å². The minimum Gasteiger partial charge on any atom is -0.325 e. The monoisotopic (exact) mass is 313 g/mol. The van der Waals surface area contributed by atoms with Gasteiger partial charge in [-0.3, -0.25) is 14.4 Å². The number of rotatable bonds is 6. The molecule has 0 heterocycles. The van der Waals surface area contributed by atoms with Crippen molar-refractivity contribution < 1.29 is 14.4 Å². The van der Waals surface area contributed by atoms with Crippen LogP contribution in [0.15, 0.2) is 29.5 Å². The Balaban J connectivity index is 3.38. The van der Waals surface area contributed by atoms with Gasteiger partial charge in [-0.1, -0.05) is 37.0 Å². The number of carbonyl (C=O) groups is 3. The standard InChI is InChI=1S/C14H13Cl2NO3/c1-8(2)12(6-18)13(17-7-19)14(20)9-3-10(15)5-11(16)4-9/h3-8H,1-2H3,(H,17,19)/b13-12+. The van der Waals surface area contributed by atoms with E-state index in [0.29, 0.717) is 22.7 Å². The summed E-state index contributed by atoms with van der Waals surface area (Å²) in [5.41, 5.74) is 0.341. The first kappa shape index (κ1) is 16.4. The van der Waals surface area contributed by atoms with Crippen molar-refractivity contribution in [2.45, 2.75) is 13.8 Å². The average Bonchev–Trinajstić information content (AvgIpc) is 2.36. The second kappa shape index (κ2) is 7.22. The zero-order chi connectivity index (χ0) is 15.3. The molecule has 1 aromatic rings. The Morgan fingerprint density at radius 2 is 1.70 bits per heavy atom. The van der Waals surface area contributed by atoms with E-state index in [1.165, 1.54) is 18.2 Å². The lowest BCUT2D eigenvalue weighted by molar-refractivity contribution is -0.108. The van der Waals surface area contributed by atoms with E-state index in [4.69, 9.17) is 23.2 Å². The number of nitrogens with one attached hydrogen (secondary N) is 1. The Kier molecular flexibility index (Phi) is 5.92. The van der Waals surface area contributed by atoms with Crippen molar-refractivity contribution in [1.29, 1.82) is 0 Å². The fourth-order valence-electron chi connectivity index (χ4n) is 1.65. The molecule has 6 heteroatoms. The van der Waals surface area contributed by atoms with Gasteiger partial charge in [0.05, 0.1) is 5.70 Å². The second-order valence-electron chi connectivity index (χ2n) is 4.35. The minimum atomic E-state index is -0.516. The van der Waals surface area contributed by atoms with Gasteiger partial charge in [0.15, 0.2) is 0 Å². The van der Waals surface area contributed by atoms with Gasteiger partial charge >= 0.3 is 0 Å². The number of amides is 1. The molecule has 1 rings (SSSR count). The van der Waals surface area contributed by atoms with Crippen LogP contribution in [0.1, 0.15) is 24.2 Å². The number of benzene rings is 1. The predicted molar refractivity (Wildman–Crippen MR) is 77.9 cm³/mol. The SMILES string of the molecule is CC(C)/C(C=O)=C(/NC=O)C(=O)c1cc(Cl)cc(Cl)c1. The van der Waals surface area contributed by atoms with Gasteiger partial charge in [0.2, 0.25) is 12.2 Å². The zero-order valence-electron chi connectivity index (χ0n) is 10.9. The summed E-state index contributed by atoms with van der Waals surface area (Å²) < 4.78 is 0. The first-order valence-electron chi connectivity index (χ1n) is 5.81. The van der Waals surface area contributed by atoms with Crippen LogP contribution in [0, 0.1) is 5.92 Å². The molecule has 0 saturated carbocycles. The first-order valence-corrected chi connectivity index (χ1v) is 6.56. The molecule has 0 aromatic heterocycles. The minimum absolute atomic E-state index is 0.0664. The van der Waals surface area contributed by atoms with E-state index in [-0.39, 0.29) is 22.8 Å². The number of hydrogen-bond donors (Lipinski definition) is 1. The van der Waals surface area contributed by atoms with E-state index in [0.717, 1.165) is 0 Å². The van der Waals surface area contributed by atoms with Crippen molar-refractivity contribution in [2.24, 2.45) is 5.92 Å².